The van der Waals surface area contributed by atoms with E-state index in [9.17, 15) is 4.79 Å². The highest BCUT2D eigenvalue weighted by Crippen LogP contribution is 2.33. The van der Waals surface area contributed by atoms with Gasteiger partial charge in [-0.25, -0.2) is 0 Å². The Bertz CT molecular complexity index is 710. The first-order chi connectivity index (χ1) is 8.89. The molecule has 2 aromatic rings. The van der Waals surface area contributed by atoms with Crippen LogP contribution in [0, 0.1) is 0 Å². The Hall–Kier alpha value is -1.77. The SMILES string of the molecule is CC(C)c1cn2c3c(cccc3c1=O)OC(C)(C)C2. The van der Waals surface area contributed by atoms with Crippen molar-refractivity contribution < 1.29 is 4.74 Å². The first-order valence-corrected chi connectivity index (χ1v) is 6.74. The summed E-state index contributed by atoms with van der Waals surface area (Å²) in [4.78, 5) is 12.5. The third-order valence-electron chi connectivity index (χ3n) is 3.65. The lowest BCUT2D eigenvalue weighted by Gasteiger charge is -2.34. The fraction of sp³-hybridized carbons (Fsp3) is 0.438. The maximum absolute atomic E-state index is 12.5. The Morgan fingerprint density at radius 3 is 2.74 bits per heavy atom. The molecule has 0 aliphatic carbocycles. The molecule has 0 radical (unpaired) electrons. The second-order valence-electron chi connectivity index (χ2n) is 6.21. The summed E-state index contributed by atoms with van der Waals surface area (Å²) < 4.78 is 8.16. The fourth-order valence-corrected chi connectivity index (χ4v) is 2.81. The molecule has 19 heavy (non-hydrogen) atoms. The van der Waals surface area contributed by atoms with Crippen molar-refractivity contribution in [3.8, 4) is 5.75 Å². The third-order valence-corrected chi connectivity index (χ3v) is 3.65. The molecule has 0 saturated carbocycles. The molecule has 0 unspecified atom stereocenters. The molecule has 0 saturated heterocycles. The number of rotatable bonds is 1. The highest BCUT2D eigenvalue weighted by atomic mass is 16.5. The first kappa shape index (κ1) is 12.3. The van der Waals surface area contributed by atoms with E-state index >= 15 is 0 Å². The van der Waals surface area contributed by atoms with Crippen molar-refractivity contribution in [1.29, 1.82) is 0 Å². The lowest BCUT2D eigenvalue weighted by atomic mass is 9.99. The van der Waals surface area contributed by atoms with E-state index in [-0.39, 0.29) is 16.9 Å². The van der Waals surface area contributed by atoms with E-state index in [1.807, 2.05) is 24.4 Å². The van der Waals surface area contributed by atoms with Gasteiger partial charge in [0.15, 0.2) is 5.43 Å². The third kappa shape index (κ3) is 1.84. The Balaban J connectivity index is 2.41. The lowest BCUT2D eigenvalue weighted by molar-refractivity contribution is 0.0810. The molecular formula is C16H19NO2. The summed E-state index contributed by atoms with van der Waals surface area (Å²) in [5.41, 5.74) is 1.69. The molecule has 3 rings (SSSR count). The zero-order valence-corrected chi connectivity index (χ0v) is 11.9. The van der Waals surface area contributed by atoms with E-state index in [2.05, 4.69) is 32.3 Å². The normalized spacial score (nSPS) is 16.7. The molecule has 1 aromatic heterocycles. The van der Waals surface area contributed by atoms with Crippen LogP contribution in [0.15, 0.2) is 29.2 Å². The Labute approximate surface area is 112 Å². The summed E-state index contributed by atoms with van der Waals surface area (Å²) in [6.07, 6.45) is 2.00. The van der Waals surface area contributed by atoms with Crippen molar-refractivity contribution in [3.63, 3.8) is 0 Å². The highest BCUT2D eigenvalue weighted by molar-refractivity contribution is 5.86. The van der Waals surface area contributed by atoms with Crippen LogP contribution < -0.4 is 10.2 Å². The molecule has 0 fully saturated rings. The topological polar surface area (TPSA) is 31.2 Å². The van der Waals surface area contributed by atoms with Gasteiger partial charge in [-0.1, -0.05) is 19.9 Å². The number of aromatic nitrogens is 1. The number of nitrogens with zero attached hydrogens (tertiary/aromatic N) is 1. The van der Waals surface area contributed by atoms with Crippen LogP contribution in [0.4, 0.5) is 0 Å². The van der Waals surface area contributed by atoms with Crippen molar-refractivity contribution in [1.82, 2.24) is 4.57 Å². The van der Waals surface area contributed by atoms with Crippen LogP contribution in [0.3, 0.4) is 0 Å². The number of hydrogen-bond donors (Lipinski definition) is 0. The molecule has 3 nitrogen and oxygen atoms in total. The predicted molar refractivity (Wildman–Crippen MR) is 77.0 cm³/mol. The van der Waals surface area contributed by atoms with E-state index in [0.29, 0.717) is 0 Å². The molecule has 0 N–H and O–H groups in total. The van der Waals surface area contributed by atoms with E-state index in [1.165, 1.54) is 0 Å². The average Bonchev–Trinajstić information content (AvgIpc) is 2.31. The minimum atomic E-state index is -0.245. The van der Waals surface area contributed by atoms with Gasteiger partial charge >= 0.3 is 0 Å². The Morgan fingerprint density at radius 2 is 2.05 bits per heavy atom. The molecule has 1 aliphatic heterocycles. The minimum absolute atomic E-state index is 0.131. The van der Waals surface area contributed by atoms with Gasteiger partial charge in [0.2, 0.25) is 0 Å². The Kier molecular flexibility index (Phi) is 2.49. The molecule has 1 aliphatic rings. The van der Waals surface area contributed by atoms with Gasteiger partial charge in [-0.15, -0.1) is 0 Å². The van der Waals surface area contributed by atoms with Crippen LogP contribution in [0.1, 0.15) is 39.2 Å². The zero-order chi connectivity index (χ0) is 13.8. The van der Waals surface area contributed by atoms with Crippen LogP contribution >= 0.6 is 0 Å². The van der Waals surface area contributed by atoms with Crippen LogP contribution in [-0.2, 0) is 6.54 Å². The lowest BCUT2D eigenvalue weighted by Crippen LogP contribution is -2.38. The average molecular weight is 257 g/mol. The molecule has 0 bridgehead atoms. The van der Waals surface area contributed by atoms with Gasteiger partial charge in [-0.05, 0) is 31.9 Å². The van der Waals surface area contributed by atoms with Crippen LogP contribution in [0.5, 0.6) is 5.75 Å². The van der Waals surface area contributed by atoms with Crippen molar-refractivity contribution >= 4 is 10.9 Å². The van der Waals surface area contributed by atoms with E-state index in [4.69, 9.17) is 4.74 Å². The van der Waals surface area contributed by atoms with E-state index in [0.717, 1.165) is 28.8 Å². The van der Waals surface area contributed by atoms with Gasteiger partial charge in [0.25, 0.3) is 0 Å². The molecule has 1 aromatic carbocycles. The molecule has 0 spiro atoms. The van der Waals surface area contributed by atoms with E-state index in [1.54, 1.807) is 0 Å². The fourth-order valence-electron chi connectivity index (χ4n) is 2.81. The highest BCUT2D eigenvalue weighted by Gasteiger charge is 2.28. The quantitative estimate of drug-likeness (QED) is 0.785. The second kappa shape index (κ2) is 3.86. The summed E-state index contributed by atoms with van der Waals surface area (Å²) in [6, 6.07) is 5.73. The van der Waals surface area contributed by atoms with Gasteiger partial charge in [-0.3, -0.25) is 4.79 Å². The van der Waals surface area contributed by atoms with E-state index < -0.39 is 0 Å². The minimum Gasteiger partial charge on any atom is -0.484 e. The summed E-state index contributed by atoms with van der Waals surface area (Å²) >= 11 is 0. The zero-order valence-electron chi connectivity index (χ0n) is 11.9. The first-order valence-electron chi connectivity index (χ1n) is 6.74. The molecule has 0 atom stereocenters. The molecular weight excluding hydrogens is 238 g/mol. The van der Waals surface area contributed by atoms with Gasteiger partial charge < -0.3 is 9.30 Å². The molecule has 100 valence electrons. The summed E-state index contributed by atoms with van der Waals surface area (Å²) in [6.45, 7) is 9.03. The van der Waals surface area contributed by atoms with Crippen molar-refractivity contribution in [3.05, 3.63) is 40.2 Å². The summed E-state index contributed by atoms with van der Waals surface area (Å²) in [7, 11) is 0. The molecule has 0 amide bonds. The predicted octanol–water partition coefficient (Wildman–Crippen LogP) is 3.30. The second-order valence-corrected chi connectivity index (χ2v) is 6.21. The smallest absolute Gasteiger partial charge is 0.192 e. The largest absolute Gasteiger partial charge is 0.484 e. The van der Waals surface area contributed by atoms with Crippen molar-refractivity contribution in [2.45, 2.75) is 45.8 Å². The van der Waals surface area contributed by atoms with Gasteiger partial charge in [0.1, 0.15) is 11.4 Å². The number of ether oxygens (including phenoxy) is 1. The number of para-hydroxylation sites is 1. The Morgan fingerprint density at radius 1 is 1.32 bits per heavy atom. The maximum Gasteiger partial charge on any atom is 0.192 e. The number of pyridine rings is 1. The monoisotopic (exact) mass is 257 g/mol. The maximum atomic E-state index is 12.5. The molecule has 3 heteroatoms. The van der Waals surface area contributed by atoms with Gasteiger partial charge in [0.05, 0.1) is 12.1 Å². The number of benzene rings is 1. The number of hydrogen-bond acceptors (Lipinski definition) is 2. The van der Waals surface area contributed by atoms with Crippen LogP contribution in [0.2, 0.25) is 0 Å². The van der Waals surface area contributed by atoms with Crippen LogP contribution in [-0.4, -0.2) is 10.2 Å². The summed E-state index contributed by atoms with van der Waals surface area (Å²) in [5.74, 6) is 1.04. The van der Waals surface area contributed by atoms with Gasteiger partial charge in [0, 0.05) is 17.1 Å². The summed E-state index contributed by atoms with van der Waals surface area (Å²) in [5, 5.41) is 0.763. The van der Waals surface area contributed by atoms with Crippen molar-refractivity contribution in [2.24, 2.45) is 0 Å². The van der Waals surface area contributed by atoms with Gasteiger partial charge in [-0.2, -0.15) is 0 Å². The standard InChI is InChI=1S/C16H19NO2/c1-10(2)12-8-17-9-16(3,4)19-13-7-5-6-11(14(13)17)15(12)18/h5-8,10H,9H2,1-4H3. The van der Waals surface area contributed by atoms with Crippen molar-refractivity contribution in [2.75, 3.05) is 0 Å². The van der Waals surface area contributed by atoms with Crippen LogP contribution in [0.25, 0.3) is 10.9 Å². The molecule has 2 heterocycles.